The molecule has 0 aliphatic heterocycles. The number of benzene rings is 1. The maximum Gasteiger partial charge on any atom is 0.265 e. The summed E-state index contributed by atoms with van der Waals surface area (Å²) in [6.45, 7) is 2.81. The lowest BCUT2D eigenvalue weighted by Gasteiger charge is -2.10. The van der Waals surface area contributed by atoms with Crippen molar-refractivity contribution in [2.75, 3.05) is 24.7 Å². The van der Waals surface area contributed by atoms with Crippen LogP contribution in [0.5, 0.6) is 0 Å². The highest BCUT2D eigenvalue weighted by atomic mass is 32.2. The maximum atomic E-state index is 12.5. The molecule has 1 aromatic carbocycles. The third kappa shape index (κ3) is 6.78. The molecule has 2 aromatic rings. The first-order valence-electron chi connectivity index (χ1n) is 8.52. The Hall–Kier alpha value is -2.23. The van der Waals surface area contributed by atoms with Gasteiger partial charge in [-0.2, -0.15) is 0 Å². The molecule has 0 aliphatic carbocycles. The van der Waals surface area contributed by atoms with Gasteiger partial charge < -0.3 is 10.6 Å². The Morgan fingerprint density at radius 1 is 1.04 bits per heavy atom. The maximum absolute atomic E-state index is 12.5. The van der Waals surface area contributed by atoms with Gasteiger partial charge in [0.15, 0.2) is 0 Å². The number of hydrogen-bond acceptors (Lipinski definition) is 5. The van der Waals surface area contributed by atoms with Crippen LogP contribution in [0.3, 0.4) is 0 Å². The standard InChI is InChI=1S/C18H23N3O4S2/c1-3-11-19-17(22)14-6-4-5-7-15(14)21-18(23)16-9-8-13(26-16)10-12-20-27(2,24)25/h4-9,20H,3,10-12H2,1-2H3,(H,19,22)(H,21,23). The van der Waals surface area contributed by atoms with Crippen molar-refractivity contribution in [2.24, 2.45) is 0 Å². The van der Waals surface area contributed by atoms with Gasteiger partial charge in [-0.3, -0.25) is 9.59 Å². The van der Waals surface area contributed by atoms with Crippen LogP contribution < -0.4 is 15.4 Å². The summed E-state index contributed by atoms with van der Waals surface area (Å²) in [7, 11) is -3.23. The van der Waals surface area contributed by atoms with E-state index in [1.54, 1.807) is 36.4 Å². The molecule has 0 saturated carbocycles. The van der Waals surface area contributed by atoms with Crippen molar-refractivity contribution in [3.05, 3.63) is 51.7 Å². The Morgan fingerprint density at radius 2 is 1.78 bits per heavy atom. The van der Waals surface area contributed by atoms with Gasteiger partial charge in [-0.1, -0.05) is 19.1 Å². The minimum atomic E-state index is -3.23. The highest BCUT2D eigenvalue weighted by Gasteiger charge is 2.15. The Bertz CT molecular complexity index is 907. The molecular formula is C18H23N3O4S2. The average Bonchev–Trinajstić information content (AvgIpc) is 3.08. The summed E-state index contributed by atoms with van der Waals surface area (Å²) >= 11 is 1.29. The average molecular weight is 410 g/mol. The van der Waals surface area contributed by atoms with Crippen LogP contribution >= 0.6 is 11.3 Å². The summed E-state index contributed by atoms with van der Waals surface area (Å²) in [6, 6.07) is 10.3. The second kappa shape index (κ2) is 9.63. The molecule has 0 spiro atoms. The molecule has 0 fully saturated rings. The Balaban J connectivity index is 2.03. The van der Waals surface area contributed by atoms with Crippen LogP contribution in [0, 0.1) is 0 Å². The molecule has 0 bridgehead atoms. The quantitative estimate of drug-likeness (QED) is 0.591. The predicted octanol–water partition coefficient (Wildman–Crippen LogP) is 2.23. The molecule has 146 valence electrons. The number of thiophene rings is 1. The molecule has 1 aromatic heterocycles. The predicted molar refractivity (Wildman–Crippen MR) is 108 cm³/mol. The zero-order valence-electron chi connectivity index (χ0n) is 15.2. The molecule has 0 atom stereocenters. The first-order valence-corrected chi connectivity index (χ1v) is 11.2. The lowest BCUT2D eigenvalue weighted by atomic mass is 10.1. The number of rotatable bonds is 9. The fourth-order valence-corrected chi connectivity index (χ4v) is 3.68. The molecule has 0 aliphatic rings. The van der Waals surface area contributed by atoms with E-state index in [9.17, 15) is 18.0 Å². The van der Waals surface area contributed by atoms with Crippen molar-refractivity contribution in [1.29, 1.82) is 0 Å². The summed E-state index contributed by atoms with van der Waals surface area (Å²) in [4.78, 5) is 26.1. The highest BCUT2D eigenvalue weighted by molar-refractivity contribution is 7.88. The minimum absolute atomic E-state index is 0.230. The SMILES string of the molecule is CCCNC(=O)c1ccccc1NC(=O)c1ccc(CCNS(C)(=O)=O)s1. The van der Waals surface area contributed by atoms with Crippen molar-refractivity contribution in [3.8, 4) is 0 Å². The zero-order valence-corrected chi connectivity index (χ0v) is 16.9. The summed E-state index contributed by atoms with van der Waals surface area (Å²) in [5.41, 5.74) is 0.859. The van der Waals surface area contributed by atoms with E-state index in [1.807, 2.05) is 6.92 Å². The van der Waals surface area contributed by atoms with Gasteiger partial charge in [-0.05, 0) is 37.1 Å². The summed E-state index contributed by atoms with van der Waals surface area (Å²) in [6.07, 6.45) is 2.43. The number of anilines is 1. The first-order chi connectivity index (χ1) is 12.8. The van der Waals surface area contributed by atoms with Crippen LogP contribution in [0.2, 0.25) is 0 Å². The van der Waals surface area contributed by atoms with E-state index >= 15 is 0 Å². The van der Waals surface area contributed by atoms with Crippen LogP contribution in [-0.4, -0.2) is 39.6 Å². The highest BCUT2D eigenvalue weighted by Crippen LogP contribution is 2.21. The Morgan fingerprint density at radius 3 is 2.48 bits per heavy atom. The van der Waals surface area contributed by atoms with E-state index in [2.05, 4.69) is 15.4 Å². The van der Waals surface area contributed by atoms with E-state index in [4.69, 9.17) is 0 Å². The molecule has 9 heteroatoms. The molecule has 27 heavy (non-hydrogen) atoms. The third-order valence-electron chi connectivity index (χ3n) is 3.58. The third-order valence-corrected chi connectivity index (χ3v) is 5.45. The normalized spacial score (nSPS) is 11.2. The topological polar surface area (TPSA) is 104 Å². The molecule has 2 rings (SSSR count). The van der Waals surface area contributed by atoms with E-state index in [-0.39, 0.29) is 18.4 Å². The van der Waals surface area contributed by atoms with Crippen LogP contribution in [0.25, 0.3) is 0 Å². The van der Waals surface area contributed by atoms with Crippen molar-refractivity contribution in [1.82, 2.24) is 10.0 Å². The van der Waals surface area contributed by atoms with Crippen LogP contribution in [0.15, 0.2) is 36.4 Å². The van der Waals surface area contributed by atoms with Gasteiger partial charge in [-0.25, -0.2) is 13.1 Å². The number of para-hydroxylation sites is 1. The summed E-state index contributed by atoms with van der Waals surface area (Å²) in [5, 5.41) is 5.57. The number of sulfonamides is 1. The molecule has 3 N–H and O–H groups in total. The van der Waals surface area contributed by atoms with Gasteiger partial charge in [0.25, 0.3) is 11.8 Å². The van der Waals surface area contributed by atoms with Gasteiger partial charge >= 0.3 is 0 Å². The van der Waals surface area contributed by atoms with E-state index in [1.165, 1.54) is 11.3 Å². The Labute approximate surface area is 163 Å². The first kappa shape index (κ1) is 21.1. The second-order valence-corrected chi connectivity index (χ2v) is 8.94. The summed E-state index contributed by atoms with van der Waals surface area (Å²) < 4.78 is 24.6. The fraction of sp³-hybridized carbons (Fsp3) is 0.333. The smallest absolute Gasteiger partial charge is 0.265 e. The van der Waals surface area contributed by atoms with E-state index in [0.717, 1.165) is 17.6 Å². The van der Waals surface area contributed by atoms with E-state index in [0.29, 0.717) is 29.1 Å². The number of carbonyl (C=O) groups is 2. The van der Waals surface area contributed by atoms with Crippen LogP contribution in [-0.2, 0) is 16.4 Å². The van der Waals surface area contributed by atoms with Crippen LogP contribution in [0.1, 0.15) is 38.3 Å². The molecule has 1 heterocycles. The monoisotopic (exact) mass is 409 g/mol. The molecule has 2 amide bonds. The molecule has 0 radical (unpaired) electrons. The van der Waals surface area contributed by atoms with Crippen molar-refractivity contribution < 1.29 is 18.0 Å². The van der Waals surface area contributed by atoms with Crippen molar-refractivity contribution in [2.45, 2.75) is 19.8 Å². The number of hydrogen-bond donors (Lipinski definition) is 3. The molecule has 7 nitrogen and oxygen atoms in total. The van der Waals surface area contributed by atoms with Gasteiger partial charge in [0.05, 0.1) is 22.4 Å². The molecule has 0 unspecified atom stereocenters. The minimum Gasteiger partial charge on any atom is -0.352 e. The van der Waals surface area contributed by atoms with Gasteiger partial charge in [0.1, 0.15) is 0 Å². The van der Waals surface area contributed by atoms with Gasteiger partial charge in [0, 0.05) is 18.0 Å². The van der Waals surface area contributed by atoms with Gasteiger partial charge in [-0.15, -0.1) is 11.3 Å². The largest absolute Gasteiger partial charge is 0.352 e. The number of nitrogens with one attached hydrogen (secondary N) is 3. The second-order valence-electron chi connectivity index (χ2n) is 5.94. The number of amides is 2. The van der Waals surface area contributed by atoms with Crippen molar-refractivity contribution in [3.63, 3.8) is 0 Å². The number of carbonyl (C=O) groups excluding carboxylic acids is 2. The van der Waals surface area contributed by atoms with Gasteiger partial charge in [0.2, 0.25) is 10.0 Å². The van der Waals surface area contributed by atoms with Crippen molar-refractivity contribution >= 4 is 38.9 Å². The lowest BCUT2D eigenvalue weighted by molar-refractivity contribution is 0.0954. The fourth-order valence-electron chi connectivity index (χ4n) is 2.30. The Kier molecular flexibility index (Phi) is 7.52. The molecular weight excluding hydrogens is 386 g/mol. The summed E-state index contributed by atoms with van der Waals surface area (Å²) in [5.74, 6) is -0.537. The van der Waals surface area contributed by atoms with Crippen LogP contribution in [0.4, 0.5) is 5.69 Å². The zero-order chi connectivity index (χ0) is 19.9. The lowest BCUT2D eigenvalue weighted by Crippen LogP contribution is -2.25. The van der Waals surface area contributed by atoms with E-state index < -0.39 is 10.0 Å². The molecule has 0 saturated heterocycles.